The number of benzene rings is 1. The van der Waals surface area contributed by atoms with E-state index < -0.39 is 0 Å². The average molecular weight is 263 g/mol. The second kappa shape index (κ2) is 5.17. The van der Waals surface area contributed by atoms with E-state index in [1.54, 1.807) is 12.1 Å². The molecule has 0 aliphatic carbocycles. The maximum absolute atomic E-state index is 12.8. The van der Waals surface area contributed by atoms with Crippen molar-refractivity contribution >= 4 is 11.7 Å². The fourth-order valence-corrected chi connectivity index (χ4v) is 2.97. The Hall–Kier alpha value is -1.62. The molecule has 1 aromatic rings. The molecule has 0 bridgehead atoms. The van der Waals surface area contributed by atoms with Crippen LogP contribution in [0.2, 0.25) is 0 Å². The van der Waals surface area contributed by atoms with Crippen molar-refractivity contribution < 1.29 is 9.18 Å². The number of hydrogen-bond acceptors (Lipinski definition) is 2. The summed E-state index contributed by atoms with van der Waals surface area (Å²) in [5, 5.41) is 6.29. The summed E-state index contributed by atoms with van der Waals surface area (Å²) < 4.78 is 12.8. The maximum atomic E-state index is 12.8. The van der Waals surface area contributed by atoms with Crippen LogP contribution in [-0.2, 0) is 0 Å². The number of amides is 2. The van der Waals surface area contributed by atoms with Crippen LogP contribution < -0.4 is 10.6 Å². The molecule has 19 heavy (non-hydrogen) atoms. The molecule has 0 spiro atoms. The third-order valence-corrected chi connectivity index (χ3v) is 4.04. The van der Waals surface area contributed by atoms with Gasteiger partial charge in [-0.25, -0.2) is 9.18 Å². The van der Waals surface area contributed by atoms with E-state index in [-0.39, 0.29) is 11.8 Å². The minimum absolute atomic E-state index is 0.0861. The van der Waals surface area contributed by atoms with Crippen molar-refractivity contribution in [1.29, 1.82) is 0 Å². The van der Waals surface area contributed by atoms with Gasteiger partial charge in [-0.2, -0.15) is 0 Å². The van der Waals surface area contributed by atoms with Crippen molar-refractivity contribution in [3.05, 3.63) is 30.1 Å². The van der Waals surface area contributed by atoms with E-state index >= 15 is 0 Å². The highest BCUT2D eigenvalue weighted by Crippen LogP contribution is 2.25. The van der Waals surface area contributed by atoms with Crippen LogP contribution in [0.15, 0.2) is 24.3 Å². The van der Waals surface area contributed by atoms with Gasteiger partial charge in [0.2, 0.25) is 0 Å². The number of likely N-dealkylation sites (tertiary alicyclic amines) is 1. The summed E-state index contributed by atoms with van der Waals surface area (Å²) in [5.74, 6) is 0.281. The maximum Gasteiger partial charge on any atom is 0.321 e. The Kier molecular flexibility index (Phi) is 3.38. The van der Waals surface area contributed by atoms with Crippen LogP contribution >= 0.6 is 0 Å². The van der Waals surface area contributed by atoms with Crippen molar-refractivity contribution in [3.63, 3.8) is 0 Å². The largest absolute Gasteiger partial charge is 0.324 e. The highest BCUT2D eigenvalue weighted by atomic mass is 19.1. The Balaban J connectivity index is 1.59. The number of halogens is 1. The highest BCUT2D eigenvalue weighted by Gasteiger charge is 2.34. The molecule has 0 aromatic heterocycles. The predicted octanol–water partition coefficient (Wildman–Crippen LogP) is 2.04. The molecule has 2 saturated heterocycles. The monoisotopic (exact) mass is 263 g/mol. The van der Waals surface area contributed by atoms with Crippen molar-refractivity contribution in [3.8, 4) is 0 Å². The summed E-state index contributed by atoms with van der Waals surface area (Å²) in [4.78, 5) is 14.0. The molecule has 0 saturated carbocycles. The van der Waals surface area contributed by atoms with Crippen molar-refractivity contribution in [2.45, 2.75) is 18.9 Å². The number of nitrogens with one attached hydrogen (secondary N) is 2. The lowest BCUT2D eigenvalue weighted by atomic mass is 9.94. The molecule has 5 heteroatoms. The van der Waals surface area contributed by atoms with Gasteiger partial charge in [-0.1, -0.05) is 0 Å². The summed E-state index contributed by atoms with van der Waals surface area (Å²) in [6, 6.07) is 6.35. The molecule has 2 fully saturated rings. The van der Waals surface area contributed by atoms with E-state index in [0.717, 1.165) is 32.5 Å². The lowest BCUT2D eigenvalue weighted by Gasteiger charge is -2.34. The van der Waals surface area contributed by atoms with E-state index in [4.69, 9.17) is 0 Å². The molecule has 0 radical (unpaired) electrons. The van der Waals surface area contributed by atoms with Crippen molar-refractivity contribution in [2.24, 2.45) is 5.92 Å². The van der Waals surface area contributed by atoms with E-state index in [9.17, 15) is 9.18 Å². The smallest absolute Gasteiger partial charge is 0.321 e. The topological polar surface area (TPSA) is 44.4 Å². The fourth-order valence-electron chi connectivity index (χ4n) is 2.97. The molecule has 2 amide bonds. The van der Waals surface area contributed by atoms with Gasteiger partial charge in [0, 0.05) is 24.8 Å². The van der Waals surface area contributed by atoms with Crippen LogP contribution in [0, 0.1) is 11.7 Å². The minimum atomic E-state index is -0.296. The molecule has 2 atom stereocenters. The van der Waals surface area contributed by atoms with Crippen molar-refractivity contribution in [1.82, 2.24) is 10.2 Å². The fraction of sp³-hybridized carbons (Fsp3) is 0.500. The van der Waals surface area contributed by atoms with Gasteiger partial charge in [-0.05, 0) is 49.6 Å². The second-order valence-electron chi connectivity index (χ2n) is 5.28. The van der Waals surface area contributed by atoms with Crippen LogP contribution in [0.3, 0.4) is 0 Å². The number of anilines is 1. The Morgan fingerprint density at radius 2 is 2.11 bits per heavy atom. The van der Waals surface area contributed by atoms with Gasteiger partial charge in [0.1, 0.15) is 5.82 Å². The SMILES string of the molecule is O=C(Nc1ccc(F)cc1)N1CCC2NCCC2C1. The second-order valence-corrected chi connectivity index (χ2v) is 5.28. The first kappa shape index (κ1) is 12.4. The zero-order chi connectivity index (χ0) is 13.2. The number of carbonyl (C=O) groups excluding carboxylic acids is 1. The van der Waals surface area contributed by atoms with Crippen LogP contribution in [0.25, 0.3) is 0 Å². The normalized spacial score (nSPS) is 26.1. The zero-order valence-electron chi connectivity index (χ0n) is 10.7. The lowest BCUT2D eigenvalue weighted by Crippen LogP contribution is -2.48. The Morgan fingerprint density at radius 1 is 1.32 bits per heavy atom. The first-order valence-electron chi connectivity index (χ1n) is 6.77. The van der Waals surface area contributed by atoms with E-state index in [1.807, 2.05) is 4.90 Å². The van der Waals surface area contributed by atoms with Gasteiger partial charge in [0.05, 0.1) is 0 Å². The first-order chi connectivity index (χ1) is 9.22. The third kappa shape index (κ3) is 2.71. The van der Waals surface area contributed by atoms with E-state index in [1.165, 1.54) is 12.1 Å². The van der Waals surface area contributed by atoms with Crippen LogP contribution in [0.4, 0.5) is 14.9 Å². The Bertz CT molecular complexity index is 462. The molecule has 2 N–H and O–H groups in total. The number of urea groups is 1. The number of fused-ring (bicyclic) bond motifs is 1. The molecule has 2 aliphatic rings. The quantitative estimate of drug-likeness (QED) is 0.814. The van der Waals surface area contributed by atoms with Gasteiger partial charge in [0.15, 0.2) is 0 Å². The number of carbonyl (C=O) groups is 1. The summed E-state index contributed by atoms with van der Waals surface area (Å²) in [6.45, 7) is 2.65. The van der Waals surface area contributed by atoms with Gasteiger partial charge >= 0.3 is 6.03 Å². The Morgan fingerprint density at radius 3 is 2.89 bits per heavy atom. The van der Waals surface area contributed by atoms with Crippen LogP contribution in [0.1, 0.15) is 12.8 Å². The molecule has 3 rings (SSSR count). The number of hydrogen-bond donors (Lipinski definition) is 2. The van der Waals surface area contributed by atoms with Gasteiger partial charge in [-0.3, -0.25) is 0 Å². The molecule has 1 aromatic carbocycles. The van der Waals surface area contributed by atoms with Gasteiger partial charge in [0.25, 0.3) is 0 Å². The van der Waals surface area contributed by atoms with Crippen molar-refractivity contribution in [2.75, 3.05) is 25.0 Å². The van der Waals surface area contributed by atoms with Crippen LogP contribution in [0.5, 0.6) is 0 Å². The summed E-state index contributed by atoms with van der Waals surface area (Å²) in [6.07, 6.45) is 2.16. The minimum Gasteiger partial charge on any atom is -0.324 e. The number of piperidine rings is 1. The van der Waals surface area contributed by atoms with E-state index in [2.05, 4.69) is 10.6 Å². The summed E-state index contributed by atoms with van der Waals surface area (Å²) >= 11 is 0. The average Bonchev–Trinajstić information content (AvgIpc) is 2.88. The number of rotatable bonds is 1. The highest BCUT2D eigenvalue weighted by molar-refractivity contribution is 5.89. The molecule has 2 heterocycles. The van der Waals surface area contributed by atoms with Gasteiger partial charge < -0.3 is 15.5 Å². The van der Waals surface area contributed by atoms with E-state index in [0.29, 0.717) is 17.6 Å². The molecule has 2 aliphatic heterocycles. The zero-order valence-corrected chi connectivity index (χ0v) is 10.7. The summed E-state index contributed by atoms with van der Waals surface area (Å²) in [7, 11) is 0. The van der Waals surface area contributed by atoms with Gasteiger partial charge in [-0.15, -0.1) is 0 Å². The predicted molar refractivity (Wildman–Crippen MR) is 71.5 cm³/mol. The standard InChI is InChI=1S/C14H18FN3O/c15-11-1-3-12(4-2-11)17-14(19)18-8-6-13-10(9-18)5-7-16-13/h1-4,10,13,16H,5-9H2,(H,17,19). The Labute approximate surface area is 112 Å². The first-order valence-corrected chi connectivity index (χ1v) is 6.77. The summed E-state index contributed by atoms with van der Waals surface area (Å²) in [5.41, 5.74) is 0.637. The molecule has 102 valence electrons. The molecular weight excluding hydrogens is 245 g/mol. The number of nitrogens with zero attached hydrogens (tertiary/aromatic N) is 1. The third-order valence-electron chi connectivity index (χ3n) is 4.04. The van der Waals surface area contributed by atoms with Crippen LogP contribution in [-0.4, -0.2) is 36.6 Å². The molecular formula is C14H18FN3O. The lowest BCUT2D eigenvalue weighted by molar-refractivity contribution is 0.170. The molecule has 4 nitrogen and oxygen atoms in total. The molecule has 2 unspecified atom stereocenters.